The number of hydrogen-bond acceptors (Lipinski definition) is 4. The lowest BCUT2D eigenvalue weighted by atomic mass is 10.2. The van der Waals surface area contributed by atoms with Gasteiger partial charge in [0.1, 0.15) is 5.75 Å². The van der Waals surface area contributed by atoms with Crippen LogP contribution in [-0.4, -0.2) is 29.9 Å². The Bertz CT molecular complexity index is 950. The fourth-order valence-electron chi connectivity index (χ4n) is 2.71. The van der Waals surface area contributed by atoms with Crippen LogP contribution in [0.4, 0.5) is 16.2 Å². The predicted molar refractivity (Wildman–Crippen MR) is 115 cm³/mol. The Morgan fingerprint density at radius 2 is 1.47 bits per heavy atom. The molecule has 152 valence electrons. The lowest BCUT2D eigenvalue weighted by molar-refractivity contribution is -0.139. The summed E-state index contributed by atoms with van der Waals surface area (Å²) < 4.78 is 5.09. The minimum atomic E-state index is -1.03. The van der Waals surface area contributed by atoms with E-state index in [4.69, 9.17) is 9.84 Å². The first-order valence-corrected chi connectivity index (χ1v) is 9.29. The quantitative estimate of drug-likeness (QED) is 0.435. The Morgan fingerprint density at radius 1 is 0.900 bits per heavy atom. The lowest BCUT2D eigenvalue weighted by Crippen LogP contribution is -2.34. The highest BCUT2D eigenvalue weighted by Gasteiger charge is 2.16. The fraction of sp³-hybridized carbons (Fsp3) is 0.0870. The maximum atomic E-state index is 12.8. The molecule has 0 aliphatic heterocycles. The van der Waals surface area contributed by atoms with Crippen LogP contribution in [0.2, 0.25) is 0 Å². The molecule has 0 heterocycles. The zero-order chi connectivity index (χ0) is 21.2. The maximum Gasteiger partial charge on any atom is 0.346 e. The molecule has 30 heavy (non-hydrogen) atoms. The first kappa shape index (κ1) is 20.6. The number of nitrogens with zero attached hydrogens (tertiary/aromatic N) is 2. The number of amides is 2. The van der Waals surface area contributed by atoms with Crippen molar-refractivity contribution in [3.05, 3.63) is 90.5 Å². The molecule has 0 saturated heterocycles. The number of hydrogen-bond donors (Lipinski definition) is 2. The Morgan fingerprint density at radius 3 is 2.00 bits per heavy atom. The first-order valence-electron chi connectivity index (χ1n) is 9.29. The molecule has 3 aromatic rings. The van der Waals surface area contributed by atoms with Gasteiger partial charge in [-0.1, -0.05) is 48.5 Å². The maximum absolute atomic E-state index is 12.8. The number of nitrogens with one attached hydrogen (secondary N) is 1. The molecule has 0 unspecified atom stereocenters. The molecule has 7 nitrogen and oxygen atoms in total. The summed E-state index contributed by atoms with van der Waals surface area (Å²) in [4.78, 5) is 24.8. The van der Waals surface area contributed by atoms with Crippen molar-refractivity contribution < 1.29 is 19.4 Å². The van der Waals surface area contributed by atoms with Crippen LogP contribution in [0.5, 0.6) is 5.75 Å². The second-order valence-electron chi connectivity index (χ2n) is 6.27. The minimum absolute atomic E-state index is 0.374. The van der Waals surface area contributed by atoms with Crippen LogP contribution in [0.25, 0.3) is 0 Å². The van der Waals surface area contributed by atoms with Crippen molar-refractivity contribution in [2.24, 2.45) is 5.10 Å². The highest BCUT2D eigenvalue weighted by Crippen LogP contribution is 2.24. The van der Waals surface area contributed by atoms with Crippen LogP contribution in [0, 0.1) is 0 Å². The molecule has 2 N–H and O–H groups in total. The van der Waals surface area contributed by atoms with E-state index in [0.29, 0.717) is 12.2 Å². The molecule has 0 bridgehead atoms. The average molecular weight is 403 g/mol. The smallest absolute Gasteiger partial charge is 0.346 e. The van der Waals surface area contributed by atoms with Gasteiger partial charge in [-0.15, -0.1) is 0 Å². The largest absolute Gasteiger partial charge is 0.482 e. The summed E-state index contributed by atoms with van der Waals surface area (Å²) in [5, 5.41) is 12.7. The summed E-state index contributed by atoms with van der Waals surface area (Å²) in [6, 6.07) is 25.3. The topological polar surface area (TPSA) is 91.2 Å². The van der Waals surface area contributed by atoms with Crippen molar-refractivity contribution >= 4 is 29.6 Å². The third kappa shape index (κ3) is 5.93. The van der Waals surface area contributed by atoms with Crippen LogP contribution in [0.3, 0.4) is 0 Å². The number of carbonyl (C=O) groups excluding carboxylic acids is 1. The van der Waals surface area contributed by atoms with Crippen molar-refractivity contribution in [1.29, 1.82) is 0 Å². The fourth-order valence-corrected chi connectivity index (χ4v) is 2.71. The van der Waals surface area contributed by atoms with E-state index < -0.39 is 5.97 Å². The van der Waals surface area contributed by atoms with E-state index in [9.17, 15) is 9.59 Å². The SMILES string of the molecule is O=C(O)COc1ccc(CC=NNC(=O)N(c2ccccc2)c2ccccc2)cc1. The Labute approximate surface area is 174 Å². The Kier molecular flexibility index (Phi) is 7.16. The van der Waals surface area contributed by atoms with Crippen molar-refractivity contribution in [2.75, 3.05) is 11.5 Å². The first-order chi connectivity index (χ1) is 14.6. The highest BCUT2D eigenvalue weighted by atomic mass is 16.5. The van der Waals surface area contributed by atoms with Gasteiger partial charge in [-0.05, 0) is 42.0 Å². The lowest BCUT2D eigenvalue weighted by Gasteiger charge is -2.22. The van der Waals surface area contributed by atoms with E-state index in [-0.39, 0.29) is 12.6 Å². The number of benzene rings is 3. The molecule has 0 fully saturated rings. The van der Waals surface area contributed by atoms with E-state index in [0.717, 1.165) is 16.9 Å². The molecule has 0 radical (unpaired) electrons. The zero-order valence-electron chi connectivity index (χ0n) is 16.1. The third-order valence-corrected chi connectivity index (χ3v) is 4.10. The highest BCUT2D eigenvalue weighted by molar-refractivity contribution is 5.99. The molecule has 0 saturated carbocycles. The number of carboxylic acids is 1. The van der Waals surface area contributed by atoms with E-state index in [1.165, 1.54) is 0 Å². The van der Waals surface area contributed by atoms with Gasteiger partial charge in [0.25, 0.3) is 0 Å². The number of urea groups is 1. The number of rotatable bonds is 8. The molecule has 2 amide bonds. The normalized spacial score (nSPS) is 10.5. The third-order valence-electron chi connectivity index (χ3n) is 4.10. The van der Waals surface area contributed by atoms with Gasteiger partial charge in [0.15, 0.2) is 6.61 Å². The molecule has 0 aliphatic carbocycles. The van der Waals surface area contributed by atoms with E-state index in [2.05, 4.69) is 10.5 Å². The van der Waals surface area contributed by atoms with Crippen LogP contribution in [0.15, 0.2) is 90.0 Å². The summed E-state index contributed by atoms with van der Waals surface area (Å²) in [5.74, 6) is -0.547. The number of anilines is 2. The molecule has 7 heteroatoms. The zero-order valence-corrected chi connectivity index (χ0v) is 16.1. The Hall–Kier alpha value is -4.13. The summed E-state index contributed by atoms with van der Waals surface area (Å²) in [7, 11) is 0. The van der Waals surface area contributed by atoms with E-state index >= 15 is 0 Å². The molecular weight excluding hydrogens is 382 g/mol. The van der Waals surface area contributed by atoms with Crippen molar-refractivity contribution in [3.63, 3.8) is 0 Å². The molecule has 0 aliphatic rings. The average Bonchev–Trinajstić information content (AvgIpc) is 2.78. The van der Waals surface area contributed by atoms with E-state index in [1.807, 2.05) is 72.8 Å². The molecule has 0 aromatic heterocycles. The number of para-hydroxylation sites is 2. The molecular formula is C23H21N3O4. The predicted octanol–water partition coefficient (Wildman–Crippen LogP) is 4.23. The standard InChI is InChI=1S/C23H21N3O4/c27-22(28)17-30-21-13-11-18(12-14-21)15-16-24-25-23(29)26(19-7-3-1-4-8-19)20-9-5-2-6-10-20/h1-14,16H,15,17H2,(H,25,29)(H,27,28). The van der Waals surface area contributed by atoms with Gasteiger partial charge in [0, 0.05) is 12.6 Å². The van der Waals surface area contributed by atoms with Crippen LogP contribution < -0.4 is 15.1 Å². The summed E-state index contributed by atoms with van der Waals surface area (Å²) in [6.45, 7) is -0.383. The number of carbonyl (C=O) groups is 2. The number of hydrazone groups is 1. The van der Waals surface area contributed by atoms with Crippen molar-refractivity contribution in [1.82, 2.24) is 5.43 Å². The van der Waals surface area contributed by atoms with Gasteiger partial charge in [-0.3, -0.25) is 4.90 Å². The van der Waals surface area contributed by atoms with Gasteiger partial charge >= 0.3 is 12.0 Å². The van der Waals surface area contributed by atoms with E-state index in [1.54, 1.807) is 23.2 Å². The second-order valence-corrected chi connectivity index (χ2v) is 6.27. The molecule has 3 rings (SSSR count). The summed E-state index contributed by atoms with van der Waals surface area (Å²) in [6.07, 6.45) is 2.09. The monoisotopic (exact) mass is 403 g/mol. The minimum Gasteiger partial charge on any atom is -0.482 e. The van der Waals surface area contributed by atoms with Gasteiger partial charge in [-0.2, -0.15) is 5.10 Å². The van der Waals surface area contributed by atoms with Gasteiger partial charge in [-0.25, -0.2) is 15.0 Å². The molecule has 3 aromatic carbocycles. The molecule has 0 spiro atoms. The second kappa shape index (κ2) is 10.4. The number of carboxylic acid groups (broad SMARTS) is 1. The Balaban J connectivity index is 1.60. The van der Waals surface area contributed by atoms with Gasteiger partial charge in [0.05, 0.1) is 11.4 Å². The van der Waals surface area contributed by atoms with Crippen molar-refractivity contribution in [3.8, 4) is 5.75 Å². The van der Waals surface area contributed by atoms with Crippen molar-refractivity contribution in [2.45, 2.75) is 6.42 Å². The molecule has 0 atom stereocenters. The number of ether oxygens (including phenoxy) is 1. The van der Waals surface area contributed by atoms with Crippen LogP contribution >= 0.6 is 0 Å². The number of aliphatic carboxylic acids is 1. The van der Waals surface area contributed by atoms with Crippen LogP contribution in [0.1, 0.15) is 5.56 Å². The van der Waals surface area contributed by atoms with Gasteiger partial charge < -0.3 is 9.84 Å². The van der Waals surface area contributed by atoms with Gasteiger partial charge in [0.2, 0.25) is 0 Å². The van der Waals surface area contributed by atoms with Crippen LogP contribution in [-0.2, 0) is 11.2 Å². The summed E-state index contributed by atoms with van der Waals surface area (Å²) >= 11 is 0. The summed E-state index contributed by atoms with van der Waals surface area (Å²) in [5.41, 5.74) is 4.96.